The van der Waals surface area contributed by atoms with Crippen molar-refractivity contribution in [2.45, 2.75) is 49.6 Å². The smallest absolute Gasteiger partial charge is 0.264 e. The van der Waals surface area contributed by atoms with Gasteiger partial charge in [-0.25, -0.2) is 0 Å². The van der Waals surface area contributed by atoms with Gasteiger partial charge >= 0.3 is 0 Å². The first-order valence-electron chi connectivity index (χ1n) is 8.75. The molecule has 0 aromatic heterocycles. The molecule has 2 fully saturated rings. The average Bonchev–Trinajstić information content (AvgIpc) is 3.48. The number of hydrogen-bond donors (Lipinski definition) is 0. The minimum absolute atomic E-state index is 0.229. The zero-order valence-corrected chi connectivity index (χ0v) is 14.7. The van der Waals surface area contributed by atoms with Crippen LogP contribution in [0.1, 0.15) is 46.9 Å². The molecule has 0 bridgehead atoms. The Hall–Kier alpha value is -2.76. The molecule has 134 valence electrons. The zero-order chi connectivity index (χ0) is 18.7. The minimum atomic E-state index is -1.51. The van der Waals surface area contributed by atoms with Crippen molar-refractivity contribution in [2.24, 2.45) is 0 Å². The fourth-order valence-corrected chi connectivity index (χ4v) is 4.57. The maximum atomic E-state index is 12.1. The third kappa shape index (κ3) is 2.11. The molecule has 2 aliphatic rings. The molecule has 2 aliphatic carbocycles. The lowest BCUT2D eigenvalue weighted by Gasteiger charge is -2.16. The van der Waals surface area contributed by atoms with Gasteiger partial charge in [0, 0.05) is 22.7 Å². The molecular weight excluding hydrogens is 332 g/mol. The summed E-state index contributed by atoms with van der Waals surface area (Å²) in [6.07, 6.45) is 0.457. The Labute approximate surface area is 151 Å². The first kappa shape index (κ1) is 16.7. The molecule has 0 aliphatic heterocycles. The van der Waals surface area contributed by atoms with E-state index in [-0.39, 0.29) is 22.7 Å². The molecule has 26 heavy (non-hydrogen) atoms. The molecule has 4 atom stereocenters. The highest BCUT2D eigenvalue weighted by Crippen LogP contribution is 2.73. The van der Waals surface area contributed by atoms with Crippen molar-refractivity contribution in [3.05, 3.63) is 91.0 Å². The van der Waals surface area contributed by atoms with Gasteiger partial charge in [-0.3, -0.25) is 20.2 Å². The number of nitrogens with zero attached hydrogens (tertiary/aromatic N) is 2. The Balaban J connectivity index is 1.74. The summed E-state index contributed by atoms with van der Waals surface area (Å²) < 4.78 is 0. The van der Waals surface area contributed by atoms with E-state index in [9.17, 15) is 20.2 Å². The Morgan fingerprint density at radius 3 is 1.31 bits per heavy atom. The van der Waals surface area contributed by atoms with Gasteiger partial charge in [0.1, 0.15) is 0 Å². The molecule has 0 radical (unpaired) electrons. The van der Waals surface area contributed by atoms with Crippen molar-refractivity contribution in [1.29, 1.82) is 0 Å². The summed E-state index contributed by atoms with van der Waals surface area (Å²) in [4.78, 5) is 23.4. The van der Waals surface area contributed by atoms with Crippen molar-refractivity contribution in [3.8, 4) is 0 Å². The van der Waals surface area contributed by atoms with E-state index in [2.05, 4.69) is 0 Å². The Kier molecular flexibility index (Phi) is 3.45. The van der Waals surface area contributed by atoms with E-state index in [0.717, 1.165) is 22.3 Å². The second-order valence-electron chi connectivity index (χ2n) is 7.70. The molecule has 0 spiro atoms. The van der Waals surface area contributed by atoms with Crippen LogP contribution in [0.4, 0.5) is 0 Å². The summed E-state index contributed by atoms with van der Waals surface area (Å²) in [6, 6.07) is 15.1. The maximum Gasteiger partial charge on any atom is 0.298 e. The van der Waals surface area contributed by atoms with Gasteiger partial charge in [-0.1, -0.05) is 59.7 Å². The second-order valence-corrected chi connectivity index (χ2v) is 7.70. The molecule has 0 N–H and O–H groups in total. The van der Waals surface area contributed by atoms with Crippen LogP contribution in [0.2, 0.25) is 0 Å². The summed E-state index contributed by atoms with van der Waals surface area (Å²) in [5.74, 6) is -0.808. The van der Waals surface area contributed by atoms with Gasteiger partial charge in [0.15, 0.2) is 0 Å². The second kappa shape index (κ2) is 5.37. The molecule has 0 amide bonds. The quantitative estimate of drug-likeness (QED) is 0.601. The molecule has 4 rings (SSSR count). The van der Waals surface area contributed by atoms with Gasteiger partial charge in [-0.05, 0) is 25.0 Å². The van der Waals surface area contributed by atoms with Crippen LogP contribution in [0.3, 0.4) is 0 Å². The highest BCUT2D eigenvalue weighted by molar-refractivity contribution is 5.45. The summed E-state index contributed by atoms with van der Waals surface area (Å²) in [6.45, 7) is 3.90. The van der Waals surface area contributed by atoms with Crippen LogP contribution in [0.5, 0.6) is 0 Å². The van der Waals surface area contributed by atoms with E-state index in [1.54, 1.807) is 0 Å². The first-order valence-corrected chi connectivity index (χ1v) is 8.75. The summed E-state index contributed by atoms with van der Waals surface area (Å²) in [5, 5.41) is 24.1. The number of rotatable bonds is 5. The van der Waals surface area contributed by atoms with Gasteiger partial charge < -0.3 is 0 Å². The van der Waals surface area contributed by atoms with Gasteiger partial charge in [0.25, 0.3) is 11.1 Å². The number of aryl methyl sites for hydroxylation is 2. The standard InChI is InChI=1S/C20H20N2O4/c1-13-3-7-15(8-4-13)17-11-19(17,21(23)24)20(22(25)26)12-18(20)16-9-5-14(2)6-10-16/h3-10,17-18H,11-12H2,1-2H3/t17-,18+,19-,20+. The van der Waals surface area contributed by atoms with Gasteiger partial charge in [0.2, 0.25) is 0 Å². The molecule has 0 saturated heterocycles. The molecule has 0 heterocycles. The van der Waals surface area contributed by atoms with Gasteiger partial charge in [-0.15, -0.1) is 0 Å². The molecule has 0 unspecified atom stereocenters. The fraction of sp³-hybridized carbons (Fsp3) is 0.400. The zero-order valence-electron chi connectivity index (χ0n) is 14.7. The topological polar surface area (TPSA) is 86.3 Å². The normalized spacial score (nSPS) is 32.1. The molecular formula is C20H20N2O4. The monoisotopic (exact) mass is 352 g/mol. The van der Waals surface area contributed by atoms with Crippen LogP contribution in [0.15, 0.2) is 48.5 Å². The molecule has 6 heteroatoms. The largest absolute Gasteiger partial charge is 0.298 e. The Bertz CT molecular complexity index is 818. The van der Waals surface area contributed by atoms with Crippen molar-refractivity contribution in [2.75, 3.05) is 0 Å². The number of hydrogen-bond acceptors (Lipinski definition) is 4. The first-order chi connectivity index (χ1) is 12.3. The summed E-state index contributed by atoms with van der Waals surface area (Å²) in [7, 11) is 0. The van der Waals surface area contributed by atoms with Crippen LogP contribution in [0, 0.1) is 34.1 Å². The Morgan fingerprint density at radius 2 is 1.04 bits per heavy atom. The molecule has 2 saturated carbocycles. The average molecular weight is 352 g/mol. The lowest BCUT2D eigenvalue weighted by Crippen LogP contribution is -2.46. The van der Waals surface area contributed by atoms with Gasteiger partial charge in [-0.2, -0.15) is 0 Å². The predicted octanol–water partition coefficient (Wildman–Crippen LogP) is 4.01. The van der Waals surface area contributed by atoms with Crippen LogP contribution in [-0.2, 0) is 0 Å². The lowest BCUT2D eigenvalue weighted by atomic mass is 9.93. The van der Waals surface area contributed by atoms with Crippen LogP contribution < -0.4 is 0 Å². The fourth-order valence-electron chi connectivity index (χ4n) is 4.57. The minimum Gasteiger partial charge on any atom is -0.264 e. The van der Waals surface area contributed by atoms with E-state index in [1.807, 2.05) is 62.4 Å². The highest BCUT2D eigenvalue weighted by Gasteiger charge is 2.93. The molecule has 6 nitrogen and oxygen atoms in total. The van der Waals surface area contributed by atoms with E-state index < -0.39 is 22.9 Å². The summed E-state index contributed by atoms with van der Waals surface area (Å²) in [5.41, 5.74) is 0.747. The van der Waals surface area contributed by atoms with Crippen molar-refractivity contribution >= 4 is 0 Å². The van der Waals surface area contributed by atoms with Crippen molar-refractivity contribution < 1.29 is 9.85 Å². The maximum absolute atomic E-state index is 12.1. The van der Waals surface area contributed by atoms with Crippen molar-refractivity contribution in [3.63, 3.8) is 0 Å². The predicted molar refractivity (Wildman–Crippen MR) is 96.5 cm³/mol. The SMILES string of the molecule is Cc1ccc([C@H]2C[C@]2([N+](=O)[O-])[C@]2([N+](=O)[O-])C[C@H]2c2ccc(C)cc2)cc1. The summed E-state index contributed by atoms with van der Waals surface area (Å²) >= 11 is 0. The third-order valence-electron chi connectivity index (χ3n) is 6.22. The molecule has 2 aromatic rings. The van der Waals surface area contributed by atoms with Crippen LogP contribution >= 0.6 is 0 Å². The lowest BCUT2D eigenvalue weighted by molar-refractivity contribution is -0.644. The van der Waals surface area contributed by atoms with E-state index in [4.69, 9.17) is 0 Å². The van der Waals surface area contributed by atoms with Crippen LogP contribution in [0.25, 0.3) is 0 Å². The Morgan fingerprint density at radius 1 is 0.731 bits per heavy atom. The van der Waals surface area contributed by atoms with E-state index in [0.29, 0.717) is 0 Å². The number of benzene rings is 2. The van der Waals surface area contributed by atoms with Crippen LogP contribution in [-0.4, -0.2) is 20.9 Å². The highest BCUT2D eigenvalue weighted by atomic mass is 16.7. The van der Waals surface area contributed by atoms with E-state index in [1.165, 1.54) is 0 Å². The number of nitro groups is 2. The van der Waals surface area contributed by atoms with E-state index >= 15 is 0 Å². The third-order valence-corrected chi connectivity index (χ3v) is 6.22. The molecule has 2 aromatic carbocycles. The van der Waals surface area contributed by atoms with Crippen molar-refractivity contribution in [1.82, 2.24) is 0 Å². The van der Waals surface area contributed by atoms with Gasteiger partial charge in [0.05, 0.1) is 11.8 Å².